The molecule has 0 aromatic carbocycles. The second kappa shape index (κ2) is 4.13. The van der Waals surface area contributed by atoms with Gasteiger partial charge in [-0.15, -0.1) is 11.3 Å². The summed E-state index contributed by atoms with van der Waals surface area (Å²) in [5, 5.41) is 0. The van der Waals surface area contributed by atoms with Gasteiger partial charge < -0.3 is 10.6 Å². The number of likely N-dealkylation sites (tertiary alicyclic amines) is 1. The fourth-order valence-electron chi connectivity index (χ4n) is 2.04. The molecule has 88 valence electrons. The summed E-state index contributed by atoms with van der Waals surface area (Å²) in [5.41, 5.74) is 5.78. The molecule has 2 heterocycles. The Morgan fingerprint density at radius 3 is 2.75 bits per heavy atom. The maximum atomic E-state index is 12.3. The molecule has 0 spiro atoms. The lowest BCUT2D eigenvalue weighted by molar-refractivity contribution is 0.0642. The van der Waals surface area contributed by atoms with Gasteiger partial charge in [0.2, 0.25) is 0 Å². The summed E-state index contributed by atoms with van der Waals surface area (Å²) in [6.45, 7) is 4.82. The van der Waals surface area contributed by atoms with Gasteiger partial charge in [-0.25, -0.2) is 0 Å². The van der Waals surface area contributed by atoms with Crippen LogP contribution in [-0.4, -0.2) is 28.9 Å². The van der Waals surface area contributed by atoms with Gasteiger partial charge in [0.15, 0.2) is 0 Å². The molecule has 1 aliphatic heterocycles. The van der Waals surface area contributed by atoms with Crippen molar-refractivity contribution in [2.24, 2.45) is 5.73 Å². The predicted molar refractivity (Wildman–Crippen MR) is 69.7 cm³/mol. The lowest BCUT2D eigenvalue weighted by atomic mass is 9.97. The molecular weight excluding hydrogens is 288 g/mol. The number of carbonyl (C=O) groups excluding carboxylic acids is 1. The van der Waals surface area contributed by atoms with Gasteiger partial charge in [-0.2, -0.15) is 0 Å². The summed E-state index contributed by atoms with van der Waals surface area (Å²) in [7, 11) is 0. The normalized spacial score (nSPS) is 23.8. The third kappa shape index (κ3) is 1.92. The largest absolute Gasteiger partial charge is 0.331 e. The molecule has 2 N–H and O–H groups in total. The van der Waals surface area contributed by atoms with Crippen molar-refractivity contribution in [3.63, 3.8) is 0 Å². The molecule has 0 saturated carbocycles. The Morgan fingerprint density at radius 1 is 1.62 bits per heavy atom. The molecule has 16 heavy (non-hydrogen) atoms. The summed E-state index contributed by atoms with van der Waals surface area (Å²) in [6.07, 6.45) is 0.880. The minimum atomic E-state index is -0.243. The van der Waals surface area contributed by atoms with Gasteiger partial charge in [0, 0.05) is 12.6 Å². The highest BCUT2D eigenvalue weighted by Crippen LogP contribution is 2.31. The van der Waals surface area contributed by atoms with Crippen LogP contribution in [0, 0.1) is 0 Å². The maximum Gasteiger partial charge on any atom is 0.264 e. The van der Waals surface area contributed by atoms with Crippen LogP contribution < -0.4 is 5.73 Å². The molecule has 1 aromatic rings. The third-order valence-electron chi connectivity index (χ3n) is 3.30. The van der Waals surface area contributed by atoms with E-state index in [4.69, 9.17) is 5.73 Å². The number of carbonyl (C=O) groups is 1. The minimum absolute atomic E-state index is 0.0693. The van der Waals surface area contributed by atoms with Gasteiger partial charge in [-0.1, -0.05) is 0 Å². The van der Waals surface area contributed by atoms with Crippen molar-refractivity contribution in [3.05, 3.63) is 20.8 Å². The first-order valence-electron chi connectivity index (χ1n) is 5.26. The lowest BCUT2D eigenvalue weighted by Crippen LogP contribution is -2.50. The van der Waals surface area contributed by atoms with Crippen molar-refractivity contribution in [1.29, 1.82) is 0 Å². The molecule has 3 nitrogen and oxygen atoms in total. The Balaban J connectivity index is 2.23. The van der Waals surface area contributed by atoms with Crippen LogP contribution in [0.1, 0.15) is 29.9 Å². The Labute approximate surface area is 108 Å². The molecule has 1 unspecified atom stereocenters. The lowest BCUT2D eigenvalue weighted by Gasteiger charge is -2.34. The molecule has 0 bridgehead atoms. The van der Waals surface area contributed by atoms with E-state index >= 15 is 0 Å². The molecule has 2 rings (SSSR count). The maximum absolute atomic E-state index is 12.3. The van der Waals surface area contributed by atoms with Crippen LogP contribution in [-0.2, 0) is 0 Å². The zero-order valence-electron chi connectivity index (χ0n) is 9.37. The first-order valence-corrected chi connectivity index (χ1v) is 6.87. The standard InChI is InChI=1S/C11H15BrN2OS/c1-11(2)8(13)5-6-14(11)10(15)7-3-4-9(12)16-7/h3-4,8H,5-6,13H2,1-2H3. The van der Waals surface area contributed by atoms with E-state index in [-0.39, 0.29) is 17.5 Å². The van der Waals surface area contributed by atoms with E-state index in [0.717, 1.165) is 21.6 Å². The molecule has 1 aromatic heterocycles. The van der Waals surface area contributed by atoms with Gasteiger partial charge in [-0.3, -0.25) is 4.79 Å². The fourth-order valence-corrected chi connectivity index (χ4v) is 3.37. The molecule has 1 saturated heterocycles. The molecule has 1 aliphatic rings. The molecule has 1 fully saturated rings. The monoisotopic (exact) mass is 302 g/mol. The van der Waals surface area contributed by atoms with Crippen LogP contribution >= 0.6 is 27.3 Å². The topological polar surface area (TPSA) is 46.3 Å². The van der Waals surface area contributed by atoms with Gasteiger partial charge in [0.1, 0.15) is 0 Å². The van der Waals surface area contributed by atoms with E-state index in [2.05, 4.69) is 15.9 Å². The van der Waals surface area contributed by atoms with E-state index in [9.17, 15) is 4.79 Å². The summed E-state index contributed by atoms with van der Waals surface area (Å²) in [4.78, 5) is 14.9. The van der Waals surface area contributed by atoms with Crippen LogP contribution in [0.2, 0.25) is 0 Å². The Bertz CT molecular complexity index is 416. The van der Waals surface area contributed by atoms with Crippen molar-refractivity contribution in [3.8, 4) is 0 Å². The van der Waals surface area contributed by atoms with Crippen molar-refractivity contribution >= 4 is 33.2 Å². The van der Waals surface area contributed by atoms with Gasteiger partial charge in [0.05, 0.1) is 14.2 Å². The van der Waals surface area contributed by atoms with Crippen molar-refractivity contribution in [2.75, 3.05) is 6.54 Å². The van der Waals surface area contributed by atoms with Crippen molar-refractivity contribution in [2.45, 2.75) is 31.8 Å². The number of thiophene rings is 1. The molecule has 1 amide bonds. The second-order valence-electron chi connectivity index (χ2n) is 4.61. The van der Waals surface area contributed by atoms with E-state index < -0.39 is 0 Å². The van der Waals surface area contributed by atoms with Crippen LogP contribution in [0.4, 0.5) is 0 Å². The molecule has 0 radical (unpaired) electrons. The highest BCUT2D eigenvalue weighted by molar-refractivity contribution is 9.11. The second-order valence-corrected chi connectivity index (χ2v) is 7.07. The summed E-state index contributed by atoms with van der Waals surface area (Å²) < 4.78 is 0.983. The van der Waals surface area contributed by atoms with Crippen LogP contribution in [0.3, 0.4) is 0 Å². The average molecular weight is 303 g/mol. The number of nitrogens with zero attached hydrogens (tertiary/aromatic N) is 1. The number of hydrogen-bond donors (Lipinski definition) is 1. The third-order valence-corrected chi connectivity index (χ3v) is 4.91. The number of amides is 1. The Kier molecular flexibility index (Phi) is 3.11. The molecule has 5 heteroatoms. The highest BCUT2D eigenvalue weighted by atomic mass is 79.9. The number of rotatable bonds is 1. The minimum Gasteiger partial charge on any atom is -0.331 e. The van der Waals surface area contributed by atoms with Gasteiger partial charge in [-0.05, 0) is 48.3 Å². The van der Waals surface area contributed by atoms with Crippen molar-refractivity contribution in [1.82, 2.24) is 4.90 Å². The average Bonchev–Trinajstić information content (AvgIpc) is 2.73. The molecule has 1 atom stereocenters. The molecular formula is C11H15BrN2OS. The Hall–Kier alpha value is -0.390. The fraction of sp³-hybridized carbons (Fsp3) is 0.545. The molecule has 0 aliphatic carbocycles. The number of nitrogens with two attached hydrogens (primary N) is 1. The summed E-state index contributed by atoms with van der Waals surface area (Å²) in [6, 6.07) is 3.83. The van der Waals surface area contributed by atoms with Gasteiger partial charge >= 0.3 is 0 Å². The Morgan fingerprint density at radius 2 is 2.31 bits per heavy atom. The van der Waals surface area contributed by atoms with Crippen LogP contribution in [0.25, 0.3) is 0 Å². The van der Waals surface area contributed by atoms with E-state index in [1.165, 1.54) is 11.3 Å². The van der Waals surface area contributed by atoms with Crippen molar-refractivity contribution < 1.29 is 4.79 Å². The van der Waals surface area contributed by atoms with Crippen LogP contribution in [0.5, 0.6) is 0 Å². The summed E-state index contributed by atoms with van der Waals surface area (Å²) >= 11 is 4.84. The first kappa shape index (κ1) is 12.1. The smallest absolute Gasteiger partial charge is 0.264 e. The predicted octanol–water partition coefficient (Wildman–Crippen LogP) is 2.46. The van der Waals surface area contributed by atoms with E-state index in [1.54, 1.807) is 0 Å². The van der Waals surface area contributed by atoms with E-state index in [0.29, 0.717) is 0 Å². The number of halogens is 1. The zero-order valence-corrected chi connectivity index (χ0v) is 11.8. The zero-order chi connectivity index (χ0) is 11.9. The first-order chi connectivity index (χ1) is 7.43. The van der Waals surface area contributed by atoms with Gasteiger partial charge in [0.25, 0.3) is 5.91 Å². The summed E-state index contributed by atoms with van der Waals surface area (Å²) in [5.74, 6) is 0.0913. The quantitative estimate of drug-likeness (QED) is 0.866. The van der Waals surface area contributed by atoms with E-state index in [1.807, 2.05) is 30.9 Å². The highest BCUT2D eigenvalue weighted by Gasteiger charge is 2.42. The van der Waals surface area contributed by atoms with Crippen LogP contribution in [0.15, 0.2) is 15.9 Å². The SMILES string of the molecule is CC1(C)C(N)CCN1C(=O)c1ccc(Br)s1. The number of hydrogen-bond acceptors (Lipinski definition) is 3.